The summed E-state index contributed by atoms with van der Waals surface area (Å²) in [4.78, 5) is 26.9. The van der Waals surface area contributed by atoms with Crippen molar-refractivity contribution in [2.75, 3.05) is 13.6 Å². The van der Waals surface area contributed by atoms with Crippen LogP contribution in [0.1, 0.15) is 28.4 Å². The van der Waals surface area contributed by atoms with Crippen LogP contribution in [-0.2, 0) is 7.05 Å². The normalized spacial score (nSPS) is 12.1. The molecule has 5 nitrogen and oxygen atoms in total. The molecule has 0 aliphatic heterocycles. The number of carbonyl (C=O) groups excluding carboxylic acids is 1. The van der Waals surface area contributed by atoms with Gasteiger partial charge in [-0.25, -0.2) is 0 Å². The topological polar surface area (TPSA) is 62.5 Å². The smallest absolute Gasteiger partial charge is 0.259 e. The van der Waals surface area contributed by atoms with Crippen molar-refractivity contribution < 1.29 is 9.90 Å². The van der Waals surface area contributed by atoms with Gasteiger partial charge in [-0.3, -0.25) is 9.59 Å². The summed E-state index contributed by atoms with van der Waals surface area (Å²) in [5.74, 6) is -0.336. The van der Waals surface area contributed by atoms with Crippen molar-refractivity contribution in [3.8, 4) is 0 Å². The Balaban J connectivity index is 1.78. The first kappa shape index (κ1) is 17.9. The molecule has 1 heterocycles. The number of amides is 1. The van der Waals surface area contributed by atoms with Crippen molar-refractivity contribution in [2.24, 2.45) is 7.05 Å². The van der Waals surface area contributed by atoms with E-state index in [9.17, 15) is 14.7 Å². The number of fused-ring (bicyclic) bond motifs is 1. The van der Waals surface area contributed by atoms with Crippen LogP contribution >= 0.6 is 0 Å². The van der Waals surface area contributed by atoms with Gasteiger partial charge in [0.25, 0.3) is 5.91 Å². The molecule has 1 aromatic heterocycles. The second-order valence-electron chi connectivity index (χ2n) is 6.44. The number of hydrogen-bond acceptors (Lipinski definition) is 3. The van der Waals surface area contributed by atoms with Crippen molar-refractivity contribution >= 4 is 16.8 Å². The summed E-state index contributed by atoms with van der Waals surface area (Å²) in [5, 5.41) is 10.8. The van der Waals surface area contributed by atoms with Gasteiger partial charge < -0.3 is 14.6 Å². The van der Waals surface area contributed by atoms with Gasteiger partial charge in [-0.1, -0.05) is 42.5 Å². The van der Waals surface area contributed by atoms with Gasteiger partial charge in [-0.2, -0.15) is 0 Å². The average molecular weight is 350 g/mol. The number of aliphatic hydroxyl groups is 1. The summed E-state index contributed by atoms with van der Waals surface area (Å²) in [6.07, 6.45) is 1.34. The van der Waals surface area contributed by atoms with E-state index in [1.165, 1.54) is 4.90 Å². The van der Waals surface area contributed by atoms with Crippen LogP contribution in [0.15, 0.2) is 65.6 Å². The summed E-state index contributed by atoms with van der Waals surface area (Å²) in [6.45, 7) is 0.352. The second kappa shape index (κ2) is 7.54. The fraction of sp³-hybridized carbons (Fsp3) is 0.238. The maximum atomic E-state index is 12.7. The highest BCUT2D eigenvalue weighted by Crippen LogP contribution is 2.17. The van der Waals surface area contributed by atoms with E-state index < -0.39 is 6.10 Å². The van der Waals surface area contributed by atoms with Gasteiger partial charge in [-0.15, -0.1) is 0 Å². The van der Waals surface area contributed by atoms with Crippen LogP contribution in [0.3, 0.4) is 0 Å². The molecule has 5 heteroatoms. The van der Waals surface area contributed by atoms with Gasteiger partial charge in [0.15, 0.2) is 0 Å². The molecule has 1 unspecified atom stereocenters. The first-order valence-electron chi connectivity index (χ1n) is 8.56. The van der Waals surface area contributed by atoms with Gasteiger partial charge in [0, 0.05) is 32.2 Å². The molecule has 3 rings (SSSR count). The van der Waals surface area contributed by atoms with Crippen molar-refractivity contribution in [1.29, 1.82) is 0 Å². The Morgan fingerprint density at radius 3 is 2.50 bits per heavy atom. The van der Waals surface area contributed by atoms with Crippen LogP contribution in [0.25, 0.3) is 10.9 Å². The number of rotatable bonds is 5. The first-order valence-corrected chi connectivity index (χ1v) is 8.56. The van der Waals surface area contributed by atoms with Crippen LogP contribution in [0.2, 0.25) is 0 Å². The number of aromatic nitrogens is 1. The van der Waals surface area contributed by atoms with Crippen molar-refractivity contribution in [3.05, 3.63) is 82.1 Å². The van der Waals surface area contributed by atoms with E-state index in [1.54, 1.807) is 29.9 Å². The van der Waals surface area contributed by atoms with Gasteiger partial charge >= 0.3 is 0 Å². The van der Waals surface area contributed by atoms with E-state index in [4.69, 9.17) is 0 Å². The van der Waals surface area contributed by atoms with E-state index in [2.05, 4.69) is 0 Å². The summed E-state index contributed by atoms with van der Waals surface area (Å²) >= 11 is 0. The third-order valence-corrected chi connectivity index (χ3v) is 4.60. The highest BCUT2D eigenvalue weighted by molar-refractivity contribution is 5.97. The minimum Gasteiger partial charge on any atom is -0.388 e. The lowest BCUT2D eigenvalue weighted by Gasteiger charge is -2.20. The van der Waals surface area contributed by atoms with Crippen LogP contribution in [0.5, 0.6) is 0 Å². The SMILES string of the molecule is CN(CCC(O)c1ccccc1)C(=O)c1cn(C)c2ccccc2c1=O. The van der Waals surface area contributed by atoms with Crippen molar-refractivity contribution in [3.63, 3.8) is 0 Å². The third kappa shape index (κ3) is 3.53. The summed E-state index contributed by atoms with van der Waals surface area (Å²) < 4.78 is 1.79. The minimum absolute atomic E-state index is 0.142. The fourth-order valence-corrected chi connectivity index (χ4v) is 3.06. The lowest BCUT2D eigenvalue weighted by Crippen LogP contribution is -2.33. The Bertz CT molecular complexity index is 979. The van der Waals surface area contributed by atoms with Gasteiger partial charge in [0.1, 0.15) is 5.56 Å². The number of para-hydroxylation sites is 1. The molecule has 134 valence electrons. The third-order valence-electron chi connectivity index (χ3n) is 4.60. The molecular weight excluding hydrogens is 328 g/mol. The summed E-state index contributed by atoms with van der Waals surface area (Å²) in [7, 11) is 3.46. The number of hydrogen-bond donors (Lipinski definition) is 1. The molecule has 1 atom stereocenters. The first-order chi connectivity index (χ1) is 12.5. The molecule has 0 spiro atoms. The highest BCUT2D eigenvalue weighted by Gasteiger charge is 2.19. The average Bonchev–Trinajstić information content (AvgIpc) is 2.68. The van der Waals surface area contributed by atoms with E-state index in [-0.39, 0.29) is 16.9 Å². The fourth-order valence-electron chi connectivity index (χ4n) is 3.06. The van der Waals surface area contributed by atoms with Crippen molar-refractivity contribution in [1.82, 2.24) is 9.47 Å². The van der Waals surface area contributed by atoms with Crippen molar-refractivity contribution in [2.45, 2.75) is 12.5 Å². The Morgan fingerprint density at radius 2 is 1.77 bits per heavy atom. The van der Waals surface area contributed by atoms with E-state index in [0.29, 0.717) is 18.4 Å². The molecule has 0 saturated carbocycles. The predicted octanol–water partition coefficient (Wildman–Crippen LogP) is 2.73. The predicted molar refractivity (Wildman–Crippen MR) is 102 cm³/mol. The maximum Gasteiger partial charge on any atom is 0.259 e. The summed E-state index contributed by atoms with van der Waals surface area (Å²) in [5.41, 5.74) is 1.48. The lowest BCUT2D eigenvalue weighted by molar-refractivity contribution is 0.0759. The molecule has 0 saturated heterocycles. The standard InChI is InChI=1S/C21H22N2O3/c1-22(13-12-19(24)15-8-4-3-5-9-15)21(26)17-14-23(2)18-11-7-6-10-16(18)20(17)25/h3-11,14,19,24H,12-13H2,1-2H3. The van der Waals surface area contributed by atoms with Gasteiger partial charge in [-0.05, 0) is 24.1 Å². The number of aliphatic hydroxyl groups excluding tert-OH is 1. The molecule has 1 N–H and O–H groups in total. The molecule has 0 radical (unpaired) electrons. The Hall–Kier alpha value is -2.92. The van der Waals surface area contributed by atoms with Crippen LogP contribution < -0.4 is 5.43 Å². The van der Waals surface area contributed by atoms with Gasteiger partial charge in [0.2, 0.25) is 5.43 Å². The quantitative estimate of drug-likeness (QED) is 0.770. The molecule has 0 aliphatic carbocycles. The van der Waals surface area contributed by atoms with Crippen LogP contribution in [-0.4, -0.2) is 34.1 Å². The molecule has 2 aromatic carbocycles. The number of pyridine rings is 1. The zero-order chi connectivity index (χ0) is 18.7. The van der Waals surface area contributed by atoms with E-state index >= 15 is 0 Å². The molecule has 1 amide bonds. The van der Waals surface area contributed by atoms with Crippen LogP contribution in [0.4, 0.5) is 0 Å². The van der Waals surface area contributed by atoms with Crippen LogP contribution in [0, 0.1) is 0 Å². The lowest BCUT2D eigenvalue weighted by atomic mass is 10.1. The number of aryl methyl sites for hydroxylation is 1. The van der Waals surface area contributed by atoms with E-state index in [1.807, 2.05) is 49.5 Å². The number of carbonyl (C=O) groups is 1. The zero-order valence-corrected chi connectivity index (χ0v) is 14.9. The summed E-state index contributed by atoms with van der Waals surface area (Å²) in [6, 6.07) is 16.6. The Labute approximate surface area is 152 Å². The minimum atomic E-state index is -0.647. The van der Waals surface area contributed by atoms with Gasteiger partial charge in [0.05, 0.1) is 11.6 Å². The molecule has 0 aliphatic rings. The molecule has 26 heavy (non-hydrogen) atoms. The molecule has 0 fully saturated rings. The highest BCUT2D eigenvalue weighted by atomic mass is 16.3. The molecule has 3 aromatic rings. The largest absolute Gasteiger partial charge is 0.388 e. The molecule has 0 bridgehead atoms. The number of benzene rings is 2. The monoisotopic (exact) mass is 350 g/mol. The number of nitrogens with zero attached hydrogens (tertiary/aromatic N) is 2. The Morgan fingerprint density at radius 1 is 1.12 bits per heavy atom. The van der Waals surface area contributed by atoms with E-state index in [0.717, 1.165) is 11.1 Å². The Kier molecular flexibility index (Phi) is 5.19. The second-order valence-corrected chi connectivity index (χ2v) is 6.44. The zero-order valence-electron chi connectivity index (χ0n) is 14.9. The maximum absolute atomic E-state index is 12.7. The molecular formula is C21H22N2O3.